The number of rotatable bonds is 3. The summed E-state index contributed by atoms with van der Waals surface area (Å²) in [5, 5.41) is 9.69. The van der Waals surface area contributed by atoms with Crippen LogP contribution < -0.4 is 0 Å². The first-order valence-electron chi connectivity index (χ1n) is 5.84. The highest BCUT2D eigenvalue weighted by atomic mass is 16.3. The molecule has 1 saturated carbocycles. The van der Waals surface area contributed by atoms with Crippen LogP contribution in [0.1, 0.15) is 52.9 Å². The molecule has 1 fully saturated rings. The van der Waals surface area contributed by atoms with Crippen LogP contribution in [0.5, 0.6) is 0 Å². The number of unbranched alkanes of at least 4 members (excludes halogenated alkanes) is 1. The third-order valence-electron chi connectivity index (χ3n) is 3.94. The molecule has 0 amide bonds. The lowest BCUT2D eigenvalue weighted by molar-refractivity contribution is 0.0155. The van der Waals surface area contributed by atoms with Gasteiger partial charge in [-0.05, 0) is 30.6 Å². The van der Waals surface area contributed by atoms with Crippen molar-refractivity contribution in [1.82, 2.24) is 0 Å². The van der Waals surface area contributed by atoms with Crippen LogP contribution in [0.2, 0.25) is 0 Å². The number of hydrogen-bond acceptors (Lipinski definition) is 1. The second kappa shape index (κ2) is 4.99. The maximum Gasteiger partial charge on any atom is 0.0568 e. The zero-order valence-electron chi connectivity index (χ0n) is 9.29. The Balaban J connectivity index is 2.39. The average Bonchev–Trinajstić information content (AvgIpc) is 2.13. The molecule has 0 saturated heterocycles. The number of hydrogen-bond donors (Lipinski definition) is 1. The molecular weight excluding hydrogens is 160 g/mol. The van der Waals surface area contributed by atoms with Crippen molar-refractivity contribution < 1.29 is 5.11 Å². The zero-order valence-corrected chi connectivity index (χ0v) is 9.29. The molecule has 0 bridgehead atoms. The van der Waals surface area contributed by atoms with Crippen molar-refractivity contribution in [2.24, 2.45) is 17.8 Å². The minimum atomic E-state index is -0.0344. The summed E-state index contributed by atoms with van der Waals surface area (Å²) in [5.41, 5.74) is 0. The van der Waals surface area contributed by atoms with E-state index in [9.17, 15) is 5.11 Å². The van der Waals surface area contributed by atoms with Gasteiger partial charge in [0.25, 0.3) is 0 Å². The van der Waals surface area contributed by atoms with Gasteiger partial charge in [0, 0.05) is 0 Å². The molecule has 0 radical (unpaired) electrons. The first kappa shape index (κ1) is 11.0. The Bertz CT molecular complexity index is 142. The predicted molar refractivity (Wildman–Crippen MR) is 56.6 cm³/mol. The van der Waals surface area contributed by atoms with Crippen LogP contribution in [0.3, 0.4) is 0 Å². The van der Waals surface area contributed by atoms with E-state index < -0.39 is 0 Å². The minimum absolute atomic E-state index is 0.0344. The topological polar surface area (TPSA) is 20.2 Å². The Hall–Kier alpha value is -0.0400. The molecule has 0 aromatic rings. The van der Waals surface area contributed by atoms with Crippen molar-refractivity contribution >= 4 is 0 Å². The maximum atomic E-state index is 9.69. The van der Waals surface area contributed by atoms with Crippen LogP contribution in [0.4, 0.5) is 0 Å². The zero-order chi connectivity index (χ0) is 9.84. The van der Waals surface area contributed by atoms with E-state index in [4.69, 9.17) is 0 Å². The van der Waals surface area contributed by atoms with Gasteiger partial charge in [-0.25, -0.2) is 0 Å². The summed E-state index contributed by atoms with van der Waals surface area (Å²) in [6.45, 7) is 6.77. The van der Waals surface area contributed by atoms with Crippen molar-refractivity contribution in [3.8, 4) is 0 Å². The van der Waals surface area contributed by atoms with Crippen LogP contribution in [-0.4, -0.2) is 11.2 Å². The molecule has 0 heterocycles. The predicted octanol–water partition coefficient (Wildman–Crippen LogP) is 3.22. The molecule has 1 rings (SSSR count). The minimum Gasteiger partial charge on any atom is -0.393 e. The smallest absolute Gasteiger partial charge is 0.0568 e. The lowest BCUT2D eigenvalue weighted by Gasteiger charge is -2.37. The molecule has 1 aliphatic rings. The summed E-state index contributed by atoms with van der Waals surface area (Å²) in [7, 11) is 0. The molecule has 78 valence electrons. The molecule has 0 aromatic heterocycles. The lowest BCUT2D eigenvalue weighted by atomic mass is 9.70. The molecular formula is C12H24O. The van der Waals surface area contributed by atoms with Gasteiger partial charge in [0.15, 0.2) is 0 Å². The van der Waals surface area contributed by atoms with E-state index in [-0.39, 0.29) is 6.10 Å². The summed E-state index contributed by atoms with van der Waals surface area (Å²) in [5.74, 6) is 2.10. The highest BCUT2D eigenvalue weighted by Crippen LogP contribution is 2.37. The van der Waals surface area contributed by atoms with Gasteiger partial charge in [-0.15, -0.1) is 0 Å². The lowest BCUT2D eigenvalue weighted by Crippen LogP contribution is -2.34. The average molecular weight is 184 g/mol. The third kappa shape index (κ3) is 2.70. The second-order valence-electron chi connectivity index (χ2n) is 4.77. The Morgan fingerprint density at radius 1 is 1.15 bits per heavy atom. The molecule has 4 unspecified atom stereocenters. The number of aliphatic hydroxyl groups is 1. The van der Waals surface area contributed by atoms with Crippen LogP contribution in [0.15, 0.2) is 0 Å². The fourth-order valence-corrected chi connectivity index (χ4v) is 2.56. The summed E-state index contributed by atoms with van der Waals surface area (Å²) in [6.07, 6.45) is 6.27. The summed E-state index contributed by atoms with van der Waals surface area (Å²) in [4.78, 5) is 0. The van der Waals surface area contributed by atoms with E-state index >= 15 is 0 Å². The van der Waals surface area contributed by atoms with Crippen LogP contribution in [-0.2, 0) is 0 Å². The third-order valence-corrected chi connectivity index (χ3v) is 3.94. The Labute approximate surface area is 82.5 Å². The highest BCUT2D eigenvalue weighted by Gasteiger charge is 2.32. The van der Waals surface area contributed by atoms with E-state index in [1.54, 1.807) is 0 Å². The van der Waals surface area contributed by atoms with Crippen molar-refractivity contribution in [3.63, 3.8) is 0 Å². The summed E-state index contributed by atoms with van der Waals surface area (Å²) in [6, 6.07) is 0. The van der Waals surface area contributed by atoms with Crippen LogP contribution in [0, 0.1) is 17.8 Å². The van der Waals surface area contributed by atoms with Gasteiger partial charge in [0.2, 0.25) is 0 Å². The molecule has 13 heavy (non-hydrogen) atoms. The molecule has 1 aliphatic carbocycles. The fraction of sp³-hybridized carbons (Fsp3) is 1.00. The SMILES string of the molecule is CCCCC1CCC(O)C(C)C1C. The highest BCUT2D eigenvalue weighted by molar-refractivity contribution is 4.82. The van der Waals surface area contributed by atoms with E-state index in [1.165, 1.54) is 25.7 Å². The molecule has 1 nitrogen and oxygen atoms in total. The molecule has 0 aliphatic heterocycles. The Kier molecular flexibility index (Phi) is 4.24. The van der Waals surface area contributed by atoms with Gasteiger partial charge in [-0.1, -0.05) is 40.0 Å². The normalized spacial score (nSPS) is 40.6. The standard InChI is InChI=1S/C12H24O/c1-4-5-6-11-7-8-12(13)10(3)9(11)2/h9-13H,4-8H2,1-3H3. The van der Waals surface area contributed by atoms with E-state index in [2.05, 4.69) is 20.8 Å². The second-order valence-corrected chi connectivity index (χ2v) is 4.77. The first-order valence-corrected chi connectivity index (χ1v) is 5.84. The van der Waals surface area contributed by atoms with Gasteiger partial charge >= 0.3 is 0 Å². The quantitative estimate of drug-likeness (QED) is 0.714. The molecule has 1 heteroatoms. The van der Waals surface area contributed by atoms with E-state index in [1.807, 2.05) is 0 Å². The first-order chi connectivity index (χ1) is 6.16. The van der Waals surface area contributed by atoms with Gasteiger partial charge in [-0.3, -0.25) is 0 Å². The summed E-state index contributed by atoms with van der Waals surface area (Å²) < 4.78 is 0. The molecule has 0 aromatic carbocycles. The Morgan fingerprint density at radius 3 is 2.46 bits per heavy atom. The molecule has 0 spiro atoms. The van der Waals surface area contributed by atoms with Gasteiger partial charge in [0.05, 0.1) is 6.10 Å². The van der Waals surface area contributed by atoms with Crippen LogP contribution in [0.25, 0.3) is 0 Å². The maximum absolute atomic E-state index is 9.69. The van der Waals surface area contributed by atoms with Crippen LogP contribution >= 0.6 is 0 Å². The van der Waals surface area contributed by atoms with E-state index in [0.29, 0.717) is 5.92 Å². The number of aliphatic hydroxyl groups excluding tert-OH is 1. The Morgan fingerprint density at radius 2 is 1.85 bits per heavy atom. The van der Waals surface area contributed by atoms with Gasteiger partial charge in [0.1, 0.15) is 0 Å². The van der Waals surface area contributed by atoms with Crippen molar-refractivity contribution in [3.05, 3.63) is 0 Å². The monoisotopic (exact) mass is 184 g/mol. The van der Waals surface area contributed by atoms with Gasteiger partial charge < -0.3 is 5.11 Å². The van der Waals surface area contributed by atoms with Gasteiger partial charge in [-0.2, -0.15) is 0 Å². The summed E-state index contributed by atoms with van der Waals surface area (Å²) >= 11 is 0. The van der Waals surface area contributed by atoms with Crippen molar-refractivity contribution in [1.29, 1.82) is 0 Å². The van der Waals surface area contributed by atoms with E-state index in [0.717, 1.165) is 18.3 Å². The largest absolute Gasteiger partial charge is 0.393 e. The van der Waals surface area contributed by atoms with Crippen molar-refractivity contribution in [2.75, 3.05) is 0 Å². The fourth-order valence-electron chi connectivity index (χ4n) is 2.56. The van der Waals surface area contributed by atoms with Crippen molar-refractivity contribution in [2.45, 2.75) is 59.0 Å². The molecule has 4 atom stereocenters. The molecule has 1 N–H and O–H groups in total.